The van der Waals surface area contributed by atoms with Crippen molar-refractivity contribution in [2.45, 2.75) is 43.8 Å². The van der Waals surface area contributed by atoms with Crippen LogP contribution in [0.4, 0.5) is 0 Å². The van der Waals surface area contributed by atoms with Gasteiger partial charge in [-0.1, -0.05) is 13.3 Å². The van der Waals surface area contributed by atoms with Crippen molar-refractivity contribution in [3.8, 4) is 16.2 Å². The lowest BCUT2D eigenvalue weighted by atomic mass is 9.94. The van der Waals surface area contributed by atoms with E-state index in [2.05, 4.69) is 5.32 Å². The van der Waals surface area contributed by atoms with E-state index in [4.69, 9.17) is 9.94 Å². The van der Waals surface area contributed by atoms with E-state index in [9.17, 15) is 18.0 Å². The number of benzene rings is 1. The van der Waals surface area contributed by atoms with Gasteiger partial charge in [-0.2, -0.15) is 0 Å². The number of sulfone groups is 1. The van der Waals surface area contributed by atoms with Gasteiger partial charge in [0.15, 0.2) is 16.4 Å². The average Bonchev–Trinajstić information content (AvgIpc) is 3.28. The first kappa shape index (κ1) is 24.2. The molecule has 8 nitrogen and oxygen atoms in total. The Kier molecular flexibility index (Phi) is 7.91. The van der Waals surface area contributed by atoms with Crippen LogP contribution in [0.2, 0.25) is 0 Å². The van der Waals surface area contributed by atoms with E-state index < -0.39 is 20.5 Å². The molecule has 1 atom stereocenters. The van der Waals surface area contributed by atoms with Crippen LogP contribution >= 0.6 is 11.3 Å². The predicted molar refractivity (Wildman–Crippen MR) is 122 cm³/mol. The fourth-order valence-corrected chi connectivity index (χ4v) is 7.62. The number of carbonyl (C=O) groups excluding carboxylic acids is 2. The molecule has 0 spiro atoms. The molecular formula is C22H28N2O6S2. The highest BCUT2D eigenvalue weighted by Crippen LogP contribution is 2.47. The standard InChI is InChI=1S/C22H28N2O6S2/c1-2-12-23-21(26)15-30-17-7-5-16(6-8-17)18-9-10-19(31-18)22(14-20(25)24-27)11-3-4-13-32(22,28)29/h5-10,27H,2-4,11-15H2,1H3,(H,23,26)(H,24,25)/t22-/m0/s1. The molecule has 2 amide bonds. The minimum absolute atomic E-state index is 0.0246. The highest BCUT2D eigenvalue weighted by molar-refractivity contribution is 7.92. The van der Waals surface area contributed by atoms with Crippen molar-refractivity contribution in [1.82, 2.24) is 10.8 Å². The third-order valence-corrected chi connectivity index (χ3v) is 9.60. The topological polar surface area (TPSA) is 122 Å². The summed E-state index contributed by atoms with van der Waals surface area (Å²) in [4.78, 5) is 25.1. The number of amides is 2. The molecule has 174 valence electrons. The number of hydrogen-bond acceptors (Lipinski definition) is 7. The van der Waals surface area contributed by atoms with Gasteiger partial charge in [-0.05, 0) is 61.2 Å². The van der Waals surface area contributed by atoms with Crippen LogP contribution in [0.25, 0.3) is 10.4 Å². The molecule has 1 aliphatic heterocycles. The summed E-state index contributed by atoms with van der Waals surface area (Å²) in [7, 11) is -3.56. The highest BCUT2D eigenvalue weighted by Gasteiger charge is 2.49. The molecule has 1 saturated heterocycles. The molecule has 32 heavy (non-hydrogen) atoms. The second-order valence-corrected chi connectivity index (χ2v) is 11.3. The largest absolute Gasteiger partial charge is 0.484 e. The molecule has 0 bridgehead atoms. The average molecular weight is 481 g/mol. The van der Waals surface area contributed by atoms with E-state index in [1.807, 2.05) is 25.1 Å². The lowest BCUT2D eigenvalue weighted by molar-refractivity contribution is -0.130. The molecular weight excluding hydrogens is 452 g/mol. The predicted octanol–water partition coefficient (Wildman–Crippen LogP) is 3.01. The number of thiophene rings is 1. The zero-order chi connectivity index (χ0) is 23.2. The lowest BCUT2D eigenvalue weighted by Gasteiger charge is -2.35. The highest BCUT2D eigenvalue weighted by atomic mass is 32.2. The Labute approximate surface area is 191 Å². The van der Waals surface area contributed by atoms with Crippen LogP contribution in [0.5, 0.6) is 5.75 Å². The summed E-state index contributed by atoms with van der Waals surface area (Å²) in [6.07, 6.45) is 2.16. The summed E-state index contributed by atoms with van der Waals surface area (Å²) >= 11 is 1.33. The summed E-state index contributed by atoms with van der Waals surface area (Å²) in [5, 5.41) is 11.7. The van der Waals surface area contributed by atoms with Crippen molar-refractivity contribution in [2.75, 3.05) is 18.9 Å². The minimum Gasteiger partial charge on any atom is -0.484 e. The van der Waals surface area contributed by atoms with Gasteiger partial charge in [-0.15, -0.1) is 11.3 Å². The quantitative estimate of drug-likeness (QED) is 0.375. The van der Waals surface area contributed by atoms with Gasteiger partial charge in [0.25, 0.3) is 5.91 Å². The second-order valence-electron chi connectivity index (χ2n) is 7.81. The number of carbonyl (C=O) groups is 2. The van der Waals surface area contributed by atoms with Crippen molar-refractivity contribution in [1.29, 1.82) is 0 Å². The van der Waals surface area contributed by atoms with Crippen molar-refractivity contribution in [3.63, 3.8) is 0 Å². The molecule has 0 saturated carbocycles. The summed E-state index contributed by atoms with van der Waals surface area (Å²) < 4.78 is 30.2. The number of hydroxylamine groups is 1. The Balaban J connectivity index is 1.79. The Morgan fingerprint density at radius 1 is 1.12 bits per heavy atom. The molecule has 1 aromatic heterocycles. The van der Waals surface area contributed by atoms with Gasteiger partial charge in [0.05, 0.1) is 12.2 Å². The maximum atomic E-state index is 13.0. The van der Waals surface area contributed by atoms with Crippen LogP contribution in [0.3, 0.4) is 0 Å². The summed E-state index contributed by atoms with van der Waals surface area (Å²) in [5.74, 6) is -0.306. The van der Waals surface area contributed by atoms with Gasteiger partial charge in [0.1, 0.15) is 10.5 Å². The smallest absolute Gasteiger partial charge is 0.257 e. The first-order valence-corrected chi connectivity index (χ1v) is 13.0. The van der Waals surface area contributed by atoms with E-state index in [0.717, 1.165) is 16.9 Å². The SMILES string of the molecule is CCCNC(=O)COc1ccc(-c2ccc([C@@]3(CC(=O)NO)CCCCS3(=O)=O)s2)cc1. The molecule has 10 heteroatoms. The second kappa shape index (κ2) is 10.5. The van der Waals surface area contributed by atoms with Crippen LogP contribution in [-0.4, -0.2) is 44.3 Å². The van der Waals surface area contributed by atoms with Gasteiger partial charge in [-0.3, -0.25) is 14.8 Å². The molecule has 2 heterocycles. The van der Waals surface area contributed by atoms with E-state index in [-0.39, 0.29) is 24.7 Å². The zero-order valence-electron chi connectivity index (χ0n) is 17.9. The maximum absolute atomic E-state index is 13.0. The van der Waals surface area contributed by atoms with Crippen LogP contribution in [0.15, 0.2) is 36.4 Å². The molecule has 3 N–H and O–H groups in total. The third-order valence-electron chi connectivity index (χ3n) is 5.55. The van der Waals surface area contributed by atoms with E-state index in [1.165, 1.54) is 11.3 Å². The number of ether oxygens (including phenoxy) is 1. The van der Waals surface area contributed by atoms with E-state index in [1.54, 1.807) is 23.7 Å². The van der Waals surface area contributed by atoms with E-state index in [0.29, 0.717) is 36.4 Å². The maximum Gasteiger partial charge on any atom is 0.257 e. The van der Waals surface area contributed by atoms with Crippen LogP contribution in [0, 0.1) is 0 Å². The van der Waals surface area contributed by atoms with Crippen molar-refractivity contribution in [3.05, 3.63) is 41.3 Å². The Morgan fingerprint density at radius 2 is 1.88 bits per heavy atom. The molecule has 2 aromatic rings. The van der Waals surface area contributed by atoms with Crippen molar-refractivity contribution < 1.29 is 28.0 Å². The Morgan fingerprint density at radius 3 is 2.53 bits per heavy atom. The third kappa shape index (κ3) is 5.31. The van der Waals surface area contributed by atoms with Gasteiger partial charge in [-0.25, -0.2) is 13.9 Å². The molecule has 0 radical (unpaired) electrons. The lowest BCUT2D eigenvalue weighted by Crippen LogP contribution is -2.43. The molecule has 0 unspecified atom stereocenters. The molecule has 1 aromatic carbocycles. The molecule has 3 rings (SSSR count). The van der Waals surface area contributed by atoms with Gasteiger partial charge in [0, 0.05) is 16.3 Å². The first-order chi connectivity index (χ1) is 15.3. The van der Waals surface area contributed by atoms with E-state index >= 15 is 0 Å². The molecule has 1 aliphatic rings. The van der Waals surface area contributed by atoms with Crippen LogP contribution in [-0.2, 0) is 24.2 Å². The number of rotatable bonds is 9. The molecule has 1 fully saturated rings. The minimum atomic E-state index is -3.56. The number of hydrogen-bond donors (Lipinski definition) is 3. The van der Waals surface area contributed by atoms with Crippen LogP contribution in [0.1, 0.15) is 43.9 Å². The monoisotopic (exact) mass is 480 g/mol. The van der Waals surface area contributed by atoms with Gasteiger partial charge >= 0.3 is 0 Å². The van der Waals surface area contributed by atoms with Gasteiger partial charge in [0.2, 0.25) is 5.91 Å². The normalized spacial score (nSPS) is 19.8. The first-order valence-electron chi connectivity index (χ1n) is 10.6. The fourth-order valence-electron chi connectivity index (χ4n) is 3.83. The van der Waals surface area contributed by atoms with Crippen molar-refractivity contribution in [2.24, 2.45) is 0 Å². The van der Waals surface area contributed by atoms with Gasteiger partial charge < -0.3 is 10.1 Å². The summed E-state index contributed by atoms with van der Waals surface area (Å²) in [6, 6.07) is 10.8. The summed E-state index contributed by atoms with van der Waals surface area (Å²) in [6.45, 7) is 2.53. The molecule has 0 aliphatic carbocycles. The number of nitrogens with one attached hydrogen (secondary N) is 2. The Hall–Kier alpha value is -2.43. The zero-order valence-corrected chi connectivity index (χ0v) is 19.6. The summed E-state index contributed by atoms with van der Waals surface area (Å²) in [5.41, 5.74) is 2.45. The van der Waals surface area contributed by atoms with Crippen molar-refractivity contribution >= 4 is 33.0 Å². The Bertz CT molecular complexity index is 1050. The fraction of sp³-hybridized carbons (Fsp3) is 0.455. The van der Waals surface area contributed by atoms with Crippen LogP contribution < -0.4 is 15.5 Å².